The summed E-state index contributed by atoms with van der Waals surface area (Å²) in [4.78, 5) is 14.4. The van der Waals surface area contributed by atoms with E-state index in [1.165, 1.54) is 0 Å². The van der Waals surface area contributed by atoms with Gasteiger partial charge < -0.3 is 14.8 Å². The van der Waals surface area contributed by atoms with E-state index in [0.29, 0.717) is 5.69 Å². The Morgan fingerprint density at radius 2 is 2.19 bits per heavy atom. The summed E-state index contributed by atoms with van der Waals surface area (Å²) in [6.07, 6.45) is 3.78. The number of H-pyrrole nitrogens is 1. The van der Waals surface area contributed by atoms with Crippen LogP contribution in [0.4, 0.5) is 5.82 Å². The minimum Gasteiger partial charge on any atom is -0.355 e. The van der Waals surface area contributed by atoms with Crippen LogP contribution in [-0.2, 0) is 7.05 Å². The maximum atomic E-state index is 12.2. The quantitative estimate of drug-likeness (QED) is 0.898. The lowest BCUT2D eigenvalue weighted by Crippen LogP contribution is -2.45. The first kappa shape index (κ1) is 13.7. The van der Waals surface area contributed by atoms with Gasteiger partial charge in [-0.15, -0.1) is 0 Å². The molecule has 1 aliphatic heterocycles. The van der Waals surface area contributed by atoms with Gasteiger partial charge in [0.15, 0.2) is 5.82 Å². The van der Waals surface area contributed by atoms with Crippen LogP contribution in [-0.4, -0.2) is 39.8 Å². The van der Waals surface area contributed by atoms with Gasteiger partial charge in [-0.3, -0.25) is 9.89 Å². The molecule has 2 aromatic rings. The highest BCUT2D eigenvalue weighted by Crippen LogP contribution is 2.18. The number of aromatic nitrogens is 3. The zero-order valence-electron chi connectivity index (χ0n) is 12.5. The molecule has 6 nitrogen and oxygen atoms in total. The number of carbonyl (C=O) groups excluding carboxylic acids is 1. The molecule has 112 valence electrons. The standard InChI is InChI=1S/C15H21N5O/c1-11-10-14(18-17-11)20-8-5-12(6-9-20)16-15(21)13-4-3-7-19(13)2/h3-4,7,10,12H,5-6,8-9H2,1-2H3,(H,16,21)(H,17,18). The summed E-state index contributed by atoms with van der Waals surface area (Å²) >= 11 is 0. The van der Waals surface area contributed by atoms with Crippen LogP contribution in [0.2, 0.25) is 0 Å². The van der Waals surface area contributed by atoms with Crippen LogP contribution in [0.25, 0.3) is 0 Å². The second kappa shape index (κ2) is 5.63. The van der Waals surface area contributed by atoms with Crippen molar-refractivity contribution in [2.75, 3.05) is 18.0 Å². The molecule has 0 aliphatic carbocycles. The highest BCUT2D eigenvalue weighted by Gasteiger charge is 2.23. The highest BCUT2D eigenvalue weighted by atomic mass is 16.2. The monoisotopic (exact) mass is 287 g/mol. The van der Waals surface area contributed by atoms with E-state index in [0.717, 1.165) is 37.4 Å². The smallest absolute Gasteiger partial charge is 0.268 e. The zero-order chi connectivity index (χ0) is 14.8. The molecule has 2 N–H and O–H groups in total. The molecule has 3 rings (SSSR count). The molecule has 0 atom stereocenters. The van der Waals surface area contributed by atoms with Crippen molar-refractivity contribution in [3.63, 3.8) is 0 Å². The maximum absolute atomic E-state index is 12.2. The van der Waals surface area contributed by atoms with E-state index in [-0.39, 0.29) is 11.9 Å². The summed E-state index contributed by atoms with van der Waals surface area (Å²) in [7, 11) is 1.89. The number of aryl methyl sites for hydroxylation is 2. The number of rotatable bonds is 3. The fraction of sp³-hybridized carbons (Fsp3) is 0.467. The molecule has 1 amide bonds. The predicted octanol–water partition coefficient (Wildman–Crippen LogP) is 1.46. The van der Waals surface area contributed by atoms with Crippen LogP contribution < -0.4 is 10.2 Å². The third-order valence-corrected chi connectivity index (χ3v) is 4.02. The lowest BCUT2D eigenvalue weighted by molar-refractivity contribution is 0.0923. The number of anilines is 1. The van der Waals surface area contributed by atoms with Crippen LogP contribution >= 0.6 is 0 Å². The number of hydrogen-bond acceptors (Lipinski definition) is 3. The number of nitrogens with one attached hydrogen (secondary N) is 2. The van der Waals surface area contributed by atoms with Gasteiger partial charge in [-0.25, -0.2) is 0 Å². The van der Waals surface area contributed by atoms with Gasteiger partial charge in [0.1, 0.15) is 5.69 Å². The first-order valence-electron chi connectivity index (χ1n) is 7.32. The average molecular weight is 287 g/mol. The van der Waals surface area contributed by atoms with Crippen molar-refractivity contribution in [1.29, 1.82) is 0 Å². The summed E-state index contributed by atoms with van der Waals surface area (Å²) in [5.74, 6) is 1.01. The molecule has 0 saturated carbocycles. The van der Waals surface area contributed by atoms with Gasteiger partial charge in [-0.2, -0.15) is 5.10 Å². The largest absolute Gasteiger partial charge is 0.355 e. The van der Waals surface area contributed by atoms with Crippen molar-refractivity contribution in [2.24, 2.45) is 7.05 Å². The van der Waals surface area contributed by atoms with E-state index in [1.54, 1.807) is 0 Å². The molecule has 2 aromatic heterocycles. The van der Waals surface area contributed by atoms with Crippen molar-refractivity contribution in [3.05, 3.63) is 35.8 Å². The molecule has 6 heteroatoms. The molecule has 1 fully saturated rings. The first-order chi connectivity index (χ1) is 10.1. The topological polar surface area (TPSA) is 66.0 Å². The highest BCUT2D eigenvalue weighted by molar-refractivity contribution is 5.92. The van der Waals surface area contributed by atoms with Gasteiger partial charge in [-0.05, 0) is 31.9 Å². The number of piperidine rings is 1. The zero-order valence-corrected chi connectivity index (χ0v) is 12.5. The fourth-order valence-electron chi connectivity index (χ4n) is 2.77. The fourth-order valence-corrected chi connectivity index (χ4v) is 2.77. The van der Waals surface area contributed by atoms with Crippen molar-refractivity contribution in [3.8, 4) is 0 Å². The second-order valence-corrected chi connectivity index (χ2v) is 5.65. The number of nitrogens with zero attached hydrogens (tertiary/aromatic N) is 3. The summed E-state index contributed by atoms with van der Waals surface area (Å²) in [5.41, 5.74) is 1.78. The molecule has 0 radical (unpaired) electrons. The van der Waals surface area contributed by atoms with E-state index < -0.39 is 0 Å². The molecule has 1 saturated heterocycles. The van der Waals surface area contributed by atoms with Crippen LogP contribution in [0.3, 0.4) is 0 Å². The third-order valence-electron chi connectivity index (χ3n) is 4.02. The Morgan fingerprint density at radius 3 is 2.76 bits per heavy atom. The van der Waals surface area contributed by atoms with Crippen molar-refractivity contribution in [2.45, 2.75) is 25.8 Å². The van der Waals surface area contributed by atoms with Gasteiger partial charge in [0.25, 0.3) is 5.91 Å². The first-order valence-corrected chi connectivity index (χ1v) is 7.32. The Hall–Kier alpha value is -2.24. The van der Waals surface area contributed by atoms with Crippen LogP contribution in [0.1, 0.15) is 29.0 Å². The molecule has 0 unspecified atom stereocenters. The second-order valence-electron chi connectivity index (χ2n) is 5.65. The molecular weight excluding hydrogens is 266 g/mol. The number of carbonyl (C=O) groups is 1. The van der Waals surface area contributed by atoms with Crippen molar-refractivity contribution < 1.29 is 4.79 Å². The number of aromatic amines is 1. The van der Waals surface area contributed by atoms with Crippen molar-refractivity contribution in [1.82, 2.24) is 20.1 Å². The van der Waals surface area contributed by atoms with Gasteiger partial charge in [0.2, 0.25) is 0 Å². The van der Waals surface area contributed by atoms with Crippen LogP contribution in [0, 0.1) is 6.92 Å². The van der Waals surface area contributed by atoms with Gasteiger partial charge in [0, 0.05) is 44.1 Å². The van der Waals surface area contributed by atoms with E-state index in [4.69, 9.17) is 0 Å². The average Bonchev–Trinajstić information content (AvgIpc) is 3.08. The molecule has 3 heterocycles. The molecule has 21 heavy (non-hydrogen) atoms. The van der Waals surface area contributed by atoms with Crippen LogP contribution in [0.5, 0.6) is 0 Å². The molecule has 0 spiro atoms. The normalized spacial score (nSPS) is 16.2. The Bertz CT molecular complexity index is 622. The number of amides is 1. The van der Waals surface area contributed by atoms with E-state index in [9.17, 15) is 4.79 Å². The predicted molar refractivity (Wildman–Crippen MR) is 81.4 cm³/mol. The Balaban J connectivity index is 1.54. The third kappa shape index (κ3) is 2.94. The Kier molecular flexibility index (Phi) is 3.68. The molecule has 0 aromatic carbocycles. The summed E-state index contributed by atoms with van der Waals surface area (Å²) in [6, 6.07) is 6.03. The maximum Gasteiger partial charge on any atom is 0.268 e. The lowest BCUT2D eigenvalue weighted by Gasteiger charge is -2.32. The molecule has 0 bridgehead atoms. The lowest BCUT2D eigenvalue weighted by atomic mass is 10.0. The summed E-state index contributed by atoms with van der Waals surface area (Å²) in [5, 5.41) is 10.4. The van der Waals surface area contributed by atoms with Gasteiger partial charge >= 0.3 is 0 Å². The minimum atomic E-state index is 0.0107. The molecule has 1 aliphatic rings. The van der Waals surface area contributed by atoms with E-state index in [2.05, 4.69) is 26.5 Å². The summed E-state index contributed by atoms with van der Waals surface area (Å²) < 4.78 is 1.84. The minimum absolute atomic E-state index is 0.0107. The van der Waals surface area contributed by atoms with Crippen LogP contribution in [0.15, 0.2) is 24.4 Å². The molecular formula is C15H21N5O. The van der Waals surface area contributed by atoms with E-state index in [1.807, 2.05) is 36.9 Å². The van der Waals surface area contributed by atoms with Gasteiger partial charge in [-0.1, -0.05) is 0 Å². The Morgan fingerprint density at radius 1 is 1.43 bits per heavy atom. The summed E-state index contributed by atoms with van der Waals surface area (Å²) in [6.45, 7) is 3.84. The van der Waals surface area contributed by atoms with Crippen molar-refractivity contribution >= 4 is 11.7 Å². The van der Waals surface area contributed by atoms with Gasteiger partial charge in [0.05, 0.1) is 0 Å². The van der Waals surface area contributed by atoms with E-state index >= 15 is 0 Å². The Labute approximate surface area is 124 Å². The number of hydrogen-bond donors (Lipinski definition) is 2. The SMILES string of the molecule is Cc1cc(N2CCC(NC(=O)c3cccn3C)CC2)n[nH]1.